The van der Waals surface area contributed by atoms with E-state index in [2.05, 4.69) is 32.4 Å². The van der Waals surface area contributed by atoms with Gasteiger partial charge >= 0.3 is 0 Å². The summed E-state index contributed by atoms with van der Waals surface area (Å²) in [6.07, 6.45) is 7.08. The van der Waals surface area contributed by atoms with Gasteiger partial charge in [-0.15, -0.1) is 23.7 Å². The smallest absolute Gasteiger partial charge is 0.257 e. The van der Waals surface area contributed by atoms with Gasteiger partial charge in [-0.1, -0.05) is 6.92 Å². The number of carbonyl (C=O) groups is 1. The van der Waals surface area contributed by atoms with Gasteiger partial charge in [0.25, 0.3) is 5.91 Å². The van der Waals surface area contributed by atoms with Crippen LogP contribution in [-0.4, -0.2) is 42.1 Å². The first-order valence-electron chi connectivity index (χ1n) is 9.38. The summed E-state index contributed by atoms with van der Waals surface area (Å²) in [5.74, 6) is 2.01. The van der Waals surface area contributed by atoms with Crippen molar-refractivity contribution in [3.63, 3.8) is 0 Å². The molecule has 1 amide bonds. The van der Waals surface area contributed by atoms with E-state index >= 15 is 0 Å². The lowest BCUT2D eigenvalue weighted by atomic mass is 9.97. The minimum Gasteiger partial charge on any atom is -0.356 e. The fraction of sp³-hybridized carbons (Fsp3) is 0.526. The van der Waals surface area contributed by atoms with Crippen molar-refractivity contribution >= 4 is 40.6 Å². The van der Waals surface area contributed by atoms with Crippen LogP contribution in [0.3, 0.4) is 0 Å². The first kappa shape index (κ1) is 20.0. The predicted molar refractivity (Wildman–Crippen MR) is 112 cm³/mol. The Morgan fingerprint density at radius 1 is 1.30 bits per heavy atom. The summed E-state index contributed by atoms with van der Waals surface area (Å²) in [7, 11) is 0. The molecule has 27 heavy (non-hydrogen) atoms. The highest BCUT2D eigenvalue weighted by atomic mass is 35.5. The van der Waals surface area contributed by atoms with Crippen molar-refractivity contribution in [2.75, 3.05) is 36.4 Å². The highest BCUT2D eigenvalue weighted by Crippen LogP contribution is 2.32. The standard InChI is InChI=1S/C19H25N5OS.ClH/c1-13-5-9-24(12-13)17-10-15(4-8-21-17)18(25)23-19-22-11-16(26-19)14-2-6-20-7-3-14;/h4,8,10-11,13-14,20H,2-3,5-7,9,12H2,1H3,(H,22,23,25);1H. The molecule has 0 aromatic carbocycles. The molecule has 0 bridgehead atoms. The molecule has 2 aliphatic heterocycles. The number of piperidine rings is 1. The van der Waals surface area contributed by atoms with Crippen LogP contribution in [0.2, 0.25) is 0 Å². The lowest BCUT2D eigenvalue weighted by Gasteiger charge is -2.20. The third kappa shape index (κ3) is 4.78. The quantitative estimate of drug-likeness (QED) is 0.811. The van der Waals surface area contributed by atoms with Crippen LogP contribution >= 0.6 is 23.7 Å². The molecule has 0 aliphatic carbocycles. The number of halogens is 1. The Morgan fingerprint density at radius 3 is 2.85 bits per heavy atom. The Balaban J connectivity index is 0.00000210. The second-order valence-electron chi connectivity index (χ2n) is 7.29. The van der Waals surface area contributed by atoms with Crippen LogP contribution in [0.15, 0.2) is 24.5 Å². The summed E-state index contributed by atoms with van der Waals surface area (Å²) in [6.45, 7) is 6.37. The normalized spacial score (nSPS) is 20.3. The lowest BCUT2D eigenvalue weighted by Crippen LogP contribution is -2.26. The molecule has 2 aromatic rings. The summed E-state index contributed by atoms with van der Waals surface area (Å²) in [5.41, 5.74) is 0.633. The number of hydrogen-bond donors (Lipinski definition) is 2. The molecule has 1 atom stereocenters. The van der Waals surface area contributed by atoms with Gasteiger partial charge in [0.15, 0.2) is 5.13 Å². The topological polar surface area (TPSA) is 70.2 Å². The number of thiazole rings is 1. The minimum absolute atomic E-state index is 0. The van der Waals surface area contributed by atoms with Crippen LogP contribution < -0.4 is 15.5 Å². The highest BCUT2D eigenvalue weighted by molar-refractivity contribution is 7.15. The average molecular weight is 408 g/mol. The first-order chi connectivity index (χ1) is 12.7. The van der Waals surface area contributed by atoms with Crippen molar-refractivity contribution in [1.82, 2.24) is 15.3 Å². The van der Waals surface area contributed by atoms with Gasteiger partial charge in [0.1, 0.15) is 5.82 Å². The van der Waals surface area contributed by atoms with E-state index in [9.17, 15) is 4.79 Å². The predicted octanol–water partition coefficient (Wildman–Crippen LogP) is 3.53. The second-order valence-corrected chi connectivity index (χ2v) is 8.35. The number of amides is 1. The van der Waals surface area contributed by atoms with E-state index in [1.54, 1.807) is 23.6 Å². The number of nitrogens with zero attached hydrogens (tertiary/aromatic N) is 3. The van der Waals surface area contributed by atoms with Gasteiger partial charge in [0.05, 0.1) is 0 Å². The molecule has 2 fully saturated rings. The average Bonchev–Trinajstić information content (AvgIpc) is 3.32. The second kappa shape index (κ2) is 8.99. The van der Waals surface area contributed by atoms with Crippen molar-refractivity contribution in [2.45, 2.75) is 32.1 Å². The molecule has 146 valence electrons. The molecular formula is C19H26ClN5OS. The number of nitrogens with one attached hydrogen (secondary N) is 2. The molecule has 2 aliphatic rings. The summed E-state index contributed by atoms with van der Waals surface area (Å²) in [6, 6.07) is 3.65. The van der Waals surface area contributed by atoms with E-state index in [0.717, 1.165) is 44.8 Å². The molecule has 2 saturated heterocycles. The lowest BCUT2D eigenvalue weighted by molar-refractivity contribution is 0.102. The summed E-state index contributed by atoms with van der Waals surface area (Å²) in [5, 5.41) is 7.01. The van der Waals surface area contributed by atoms with E-state index < -0.39 is 0 Å². The largest absolute Gasteiger partial charge is 0.356 e. The van der Waals surface area contributed by atoms with Gasteiger partial charge in [-0.3, -0.25) is 10.1 Å². The molecule has 4 heterocycles. The molecular weight excluding hydrogens is 382 g/mol. The van der Waals surface area contributed by atoms with Crippen molar-refractivity contribution < 1.29 is 4.79 Å². The van der Waals surface area contributed by atoms with Gasteiger partial charge in [-0.2, -0.15) is 0 Å². The molecule has 0 spiro atoms. The van der Waals surface area contributed by atoms with Gasteiger partial charge < -0.3 is 10.2 Å². The summed E-state index contributed by atoms with van der Waals surface area (Å²) >= 11 is 1.60. The fourth-order valence-electron chi connectivity index (χ4n) is 3.68. The third-order valence-corrected chi connectivity index (χ3v) is 6.32. The molecule has 0 saturated carbocycles. The monoisotopic (exact) mass is 407 g/mol. The van der Waals surface area contributed by atoms with Gasteiger partial charge in [-0.25, -0.2) is 9.97 Å². The van der Waals surface area contributed by atoms with E-state index in [-0.39, 0.29) is 18.3 Å². The molecule has 0 radical (unpaired) electrons. The maximum Gasteiger partial charge on any atom is 0.257 e. The van der Waals surface area contributed by atoms with E-state index in [0.29, 0.717) is 22.5 Å². The number of rotatable bonds is 4. The zero-order valence-electron chi connectivity index (χ0n) is 15.5. The zero-order chi connectivity index (χ0) is 17.9. The Morgan fingerprint density at radius 2 is 2.11 bits per heavy atom. The van der Waals surface area contributed by atoms with Crippen LogP contribution in [-0.2, 0) is 0 Å². The van der Waals surface area contributed by atoms with Gasteiger partial charge in [0, 0.05) is 35.9 Å². The SMILES string of the molecule is CC1CCN(c2cc(C(=O)Nc3ncc(C4CCNCC4)s3)ccn2)C1.Cl. The number of aromatic nitrogens is 2. The third-order valence-electron chi connectivity index (χ3n) is 5.24. The zero-order valence-corrected chi connectivity index (χ0v) is 17.1. The van der Waals surface area contributed by atoms with E-state index in [4.69, 9.17) is 0 Å². The minimum atomic E-state index is -0.118. The summed E-state index contributed by atoms with van der Waals surface area (Å²) in [4.78, 5) is 25.0. The van der Waals surface area contributed by atoms with Crippen molar-refractivity contribution in [3.05, 3.63) is 35.0 Å². The number of pyridine rings is 1. The van der Waals surface area contributed by atoms with Crippen LogP contribution in [0.25, 0.3) is 0 Å². The van der Waals surface area contributed by atoms with Crippen LogP contribution in [0.4, 0.5) is 10.9 Å². The Kier molecular flexibility index (Phi) is 6.68. The van der Waals surface area contributed by atoms with Gasteiger partial charge in [-0.05, 0) is 56.3 Å². The van der Waals surface area contributed by atoms with Crippen molar-refractivity contribution in [3.8, 4) is 0 Å². The fourth-order valence-corrected chi connectivity index (χ4v) is 4.66. The van der Waals surface area contributed by atoms with Crippen LogP contribution in [0.1, 0.15) is 47.3 Å². The van der Waals surface area contributed by atoms with Crippen LogP contribution in [0, 0.1) is 5.92 Å². The molecule has 2 aromatic heterocycles. The van der Waals surface area contributed by atoms with E-state index in [1.165, 1.54) is 11.3 Å². The van der Waals surface area contributed by atoms with Crippen LogP contribution in [0.5, 0.6) is 0 Å². The highest BCUT2D eigenvalue weighted by Gasteiger charge is 2.21. The number of carbonyl (C=O) groups excluding carboxylic acids is 1. The molecule has 4 rings (SSSR count). The maximum atomic E-state index is 12.6. The molecule has 8 heteroatoms. The first-order valence-corrected chi connectivity index (χ1v) is 10.2. The molecule has 2 N–H and O–H groups in total. The molecule has 1 unspecified atom stereocenters. The summed E-state index contributed by atoms with van der Waals surface area (Å²) < 4.78 is 0. The van der Waals surface area contributed by atoms with Crippen molar-refractivity contribution in [2.24, 2.45) is 5.92 Å². The number of hydrogen-bond acceptors (Lipinski definition) is 6. The van der Waals surface area contributed by atoms with E-state index in [1.807, 2.05) is 12.3 Å². The maximum absolute atomic E-state index is 12.6. The Labute approximate surface area is 170 Å². The Hall–Kier alpha value is -1.70. The molecule has 6 nitrogen and oxygen atoms in total. The number of anilines is 2. The Bertz CT molecular complexity index is 777. The van der Waals surface area contributed by atoms with Gasteiger partial charge in [0.2, 0.25) is 0 Å². The van der Waals surface area contributed by atoms with Crippen molar-refractivity contribution in [1.29, 1.82) is 0 Å².